The molecule has 0 aliphatic carbocycles. The standard InChI is InChI=1S/C25H27NO5/c1-29-22-13-12-20(23(30-2)24(22)31-3)18-9-4-10-19-17(18)8-5-11-21(19)25(28)26-14-6-7-16(26)15-27/h4-5,8-13,16,27H,6-7,14-15H2,1-3H3. The first kappa shape index (κ1) is 21.0. The minimum Gasteiger partial charge on any atom is -0.493 e. The van der Waals surface area contributed by atoms with Crippen molar-refractivity contribution in [2.24, 2.45) is 0 Å². The number of amides is 1. The first-order chi connectivity index (χ1) is 15.1. The average Bonchev–Trinajstić information content (AvgIpc) is 3.30. The van der Waals surface area contributed by atoms with E-state index in [1.807, 2.05) is 48.5 Å². The maximum atomic E-state index is 13.3. The van der Waals surface area contributed by atoms with Crippen molar-refractivity contribution in [1.29, 1.82) is 0 Å². The second-order valence-electron chi connectivity index (χ2n) is 7.57. The molecule has 1 aliphatic heterocycles. The van der Waals surface area contributed by atoms with E-state index < -0.39 is 0 Å². The zero-order valence-corrected chi connectivity index (χ0v) is 18.1. The van der Waals surface area contributed by atoms with Crippen LogP contribution in [0.5, 0.6) is 17.2 Å². The summed E-state index contributed by atoms with van der Waals surface area (Å²) >= 11 is 0. The second kappa shape index (κ2) is 8.86. The third kappa shape index (κ3) is 3.57. The third-order valence-corrected chi connectivity index (χ3v) is 6.00. The first-order valence-corrected chi connectivity index (χ1v) is 10.4. The number of hydrogen-bond acceptors (Lipinski definition) is 5. The van der Waals surface area contributed by atoms with Crippen molar-refractivity contribution in [3.8, 4) is 28.4 Å². The lowest BCUT2D eigenvalue weighted by Crippen LogP contribution is -2.37. The number of carbonyl (C=O) groups is 1. The number of carbonyl (C=O) groups excluding carboxylic acids is 1. The monoisotopic (exact) mass is 421 g/mol. The minimum absolute atomic E-state index is 0.00933. The number of aliphatic hydroxyl groups is 1. The van der Waals surface area contributed by atoms with Crippen LogP contribution < -0.4 is 14.2 Å². The number of methoxy groups -OCH3 is 3. The summed E-state index contributed by atoms with van der Waals surface area (Å²) in [4.78, 5) is 15.1. The summed E-state index contributed by atoms with van der Waals surface area (Å²) in [6.45, 7) is 0.661. The van der Waals surface area contributed by atoms with Crippen LogP contribution in [0, 0.1) is 0 Å². The number of benzene rings is 3. The molecule has 0 aromatic heterocycles. The molecule has 162 valence electrons. The van der Waals surface area contributed by atoms with Crippen molar-refractivity contribution in [3.05, 3.63) is 54.1 Å². The van der Waals surface area contributed by atoms with Crippen molar-refractivity contribution in [2.75, 3.05) is 34.5 Å². The van der Waals surface area contributed by atoms with Crippen LogP contribution in [0.2, 0.25) is 0 Å². The van der Waals surface area contributed by atoms with Gasteiger partial charge in [-0.3, -0.25) is 4.79 Å². The van der Waals surface area contributed by atoms with Gasteiger partial charge in [0.2, 0.25) is 5.75 Å². The molecule has 0 radical (unpaired) electrons. The van der Waals surface area contributed by atoms with E-state index in [9.17, 15) is 9.90 Å². The predicted molar refractivity (Wildman–Crippen MR) is 120 cm³/mol. The molecule has 1 heterocycles. The fourth-order valence-electron chi connectivity index (χ4n) is 4.49. The summed E-state index contributed by atoms with van der Waals surface area (Å²) in [7, 11) is 4.77. The Hall–Kier alpha value is -3.25. The van der Waals surface area contributed by atoms with Gasteiger partial charge in [-0.2, -0.15) is 0 Å². The van der Waals surface area contributed by atoms with E-state index in [1.165, 1.54) is 0 Å². The summed E-state index contributed by atoms with van der Waals surface area (Å²) in [5, 5.41) is 11.5. The highest BCUT2D eigenvalue weighted by atomic mass is 16.5. The SMILES string of the molecule is COc1ccc(-c2cccc3c(C(=O)N4CCCC4CO)cccc23)c(OC)c1OC. The summed E-state index contributed by atoms with van der Waals surface area (Å²) in [6, 6.07) is 15.3. The molecule has 1 unspecified atom stereocenters. The molecule has 1 aliphatic rings. The Balaban J connectivity index is 1.88. The maximum Gasteiger partial charge on any atom is 0.254 e. The molecule has 0 bridgehead atoms. The summed E-state index contributed by atoms with van der Waals surface area (Å²) in [5.74, 6) is 1.64. The van der Waals surface area contributed by atoms with Gasteiger partial charge in [-0.15, -0.1) is 0 Å². The molecule has 0 spiro atoms. The third-order valence-electron chi connectivity index (χ3n) is 6.00. The molecule has 1 saturated heterocycles. The molecular weight excluding hydrogens is 394 g/mol. The molecular formula is C25H27NO5. The zero-order valence-electron chi connectivity index (χ0n) is 18.1. The van der Waals surface area contributed by atoms with Crippen molar-refractivity contribution < 1.29 is 24.1 Å². The lowest BCUT2D eigenvalue weighted by Gasteiger charge is -2.24. The van der Waals surface area contributed by atoms with Gasteiger partial charge in [0.15, 0.2) is 11.5 Å². The van der Waals surface area contributed by atoms with Gasteiger partial charge in [0, 0.05) is 17.7 Å². The zero-order chi connectivity index (χ0) is 22.0. The molecule has 1 atom stereocenters. The lowest BCUT2D eigenvalue weighted by molar-refractivity contribution is 0.0679. The first-order valence-electron chi connectivity index (χ1n) is 10.4. The van der Waals surface area contributed by atoms with Gasteiger partial charge in [-0.1, -0.05) is 30.3 Å². The molecule has 1 N–H and O–H groups in total. The van der Waals surface area contributed by atoms with Crippen LogP contribution in [0.4, 0.5) is 0 Å². The predicted octanol–water partition coefficient (Wildman–Crippen LogP) is 4.13. The van der Waals surface area contributed by atoms with E-state index in [-0.39, 0.29) is 18.6 Å². The number of hydrogen-bond donors (Lipinski definition) is 1. The summed E-state index contributed by atoms with van der Waals surface area (Å²) in [5.41, 5.74) is 2.42. The van der Waals surface area contributed by atoms with E-state index in [1.54, 1.807) is 26.2 Å². The highest BCUT2D eigenvalue weighted by Gasteiger charge is 2.30. The van der Waals surface area contributed by atoms with Crippen LogP contribution in [0.1, 0.15) is 23.2 Å². The van der Waals surface area contributed by atoms with E-state index in [2.05, 4.69) is 0 Å². The van der Waals surface area contributed by atoms with Gasteiger partial charge < -0.3 is 24.2 Å². The summed E-state index contributed by atoms with van der Waals surface area (Å²) < 4.78 is 16.7. The van der Waals surface area contributed by atoms with Crippen LogP contribution in [0.25, 0.3) is 21.9 Å². The molecule has 6 heteroatoms. The number of likely N-dealkylation sites (tertiary alicyclic amines) is 1. The van der Waals surface area contributed by atoms with Crippen LogP contribution in [0.3, 0.4) is 0 Å². The number of aliphatic hydroxyl groups excluding tert-OH is 1. The van der Waals surface area contributed by atoms with E-state index in [4.69, 9.17) is 14.2 Å². The van der Waals surface area contributed by atoms with Crippen molar-refractivity contribution in [2.45, 2.75) is 18.9 Å². The molecule has 4 rings (SSSR count). The van der Waals surface area contributed by atoms with Crippen LogP contribution in [-0.4, -0.2) is 56.4 Å². The normalized spacial score (nSPS) is 15.9. The lowest BCUT2D eigenvalue weighted by atomic mass is 9.94. The fraction of sp³-hybridized carbons (Fsp3) is 0.320. The van der Waals surface area contributed by atoms with Gasteiger partial charge in [0.1, 0.15) is 0 Å². The average molecular weight is 421 g/mol. The smallest absolute Gasteiger partial charge is 0.254 e. The minimum atomic E-state index is -0.114. The van der Waals surface area contributed by atoms with Gasteiger partial charge >= 0.3 is 0 Å². The van der Waals surface area contributed by atoms with Crippen LogP contribution >= 0.6 is 0 Å². The Morgan fingerprint density at radius 2 is 1.68 bits per heavy atom. The summed E-state index contributed by atoms with van der Waals surface area (Å²) in [6.07, 6.45) is 1.75. The molecule has 0 saturated carbocycles. The Bertz CT molecular complexity index is 1110. The van der Waals surface area contributed by atoms with Gasteiger partial charge in [0.25, 0.3) is 5.91 Å². The number of rotatable bonds is 6. The molecule has 1 fully saturated rings. The van der Waals surface area contributed by atoms with Crippen LogP contribution in [-0.2, 0) is 0 Å². The topological polar surface area (TPSA) is 68.2 Å². The van der Waals surface area contributed by atoms with Gasteiger partial charge in [-0.05, 0) is 47.4 Å². The van der Waals surface area contributed by atoms with Crippen LogP contribution in [0.15, 0.2) is 48.5 Å². The van der Waals surface area contributed by atoms with E-state index in [0.717, 1.165) is 34.7 Å². The number of ether oxygens (including phenoxy) is 3. The van der Waals surface area contributed by atoms with Crippen molar-refractivity contribution >= 4 is 16.7 Å². The van der Waals surface area contributed by atoms with E-state index in [0.29, 0.717) is 29.4 Å². The Kier molecular flexibility index (Phi) is 6.00. The molecule has 3 aromatic rings. The fourth-order valence-corrected chi connectivity index (χ4v) is 4.49. The van der Waals surface area contributed by atoms with Crippen molar-refractivity contribution in [3.63, 3.8) is 0 Å². The Morgan fingerprint density at radius 1 is 0.935 bits per heavy atom. The van der Waals surface area contributed by atoms with Crippen molar-refractivity contribution in [1.82, 2.24) is 4.90 Å². The largest absolute Gasteiger partial charge is 0.493 e. The van der Waals surface area contributed by atoms with Gasteiger partial charge in [0.05, 0.1) is 34.0 Å². The number of fused-ring (bicyclic) bond motifs is 1. The molecule has 31 heavy (non-hydrogen) atoms. The second-order valence-corrected chi connectivity index (χ2v) is 7.57. The highest BCUT2D eigenvalue weighted by molar-refractivity contribution is 6.11. The molecule has 1 amide bonds. The molecule has 6 nitrogen and oxygen atoms in total. The number of nitrogens with zero attached hydrogens (tertiary/aromatic N) is 1. The van der Waals surface area contributed by atoms with Gasteiger partial charge in [-0.25, -0.2) is 0 Å². The highest BCUT2D eigenvalue weighted by Crippen LogP contribution is 2.46. The molecule has 3 aromatic carbocycles. The quantitative estimate of drug-likeness (QED) is 0.648. The maximum absolute atomic E-state index is 13.3. The Morgan fingerprint density at radius 3 is 2.39 bits per heavy atom. The van der Waals surface area contributed by atoms with E-state index >= 15 is 0 Å². The Labute approximate surface area is 182 Å².